The molecule has 11 heteroatoms. The Labute approximate surface area is 218 Å². The van der Waals surface area contributed by atoms with Crippen LogP contribution in [-0.2, 0) is 22.9 Å². The minimum Gasteiger partial charge on any atom is -0.428 e. The maximum Gasteiger partial charge on any atom is 0.461 e. The van der Waals surface area contributed by atoms with Gasteiger partial charge in [-0.2, -0.15) is 22.8 Å². The molecule has 0 aliphatic heterocycles. The minimum atomic E-state index is -4.92. The van der Waals surface area contributed by atoms with Gasteiger partial charge in [-0.3, -0.25) is 0 Å². The van der Waals surface area contributed by atoms with Crippen molar-refractivity contribution in [2.75, 3.05) is 0 Å². The molecule has 0 aliphatic carbocycles. The molecule has 38 heavy (non-hydrogen) atoms. The molecule has 2 atom stereocenters. The molecule has 0 saturated carbocycles. The summed E-state index contributed by atoms with van der Waals surface area (Å²) in [6.45, 7) is 4.95. The summed E-state index contributed by atoms with van der Waals surface area (Å²) >= 11 is 0. The number of hydrogen-bond acceptors (Lipinski definition) is 3. The normalized spacial score (nSPS) is 14.6. The lowest BCUT2D eigenvalue weighted by Gasteiger charge is -2.38. The highest BCUT2D eigenvalue weighted by molar-refractivity contribution is 7.84. The lowest BCUT2D eigenvalue weighted by molar-refractivity contribution is -0.253. The van der Waals surface area contributed by atoms with E-state index in [1.165, 1.54) is 12.1 Å². The van der Waals surface area contributed by atoms with Crippen LogP contribution in [0.25, 0.3) is 0 Å². The lowest BCUT2D eigenvalue weighted by atomic mass is 9.78. The number of nitrogens with zero attached hydrogens (tertiary/aromatic N) is 1. The van der Waals surface area contributed by atoms with Crippen molar-refractivity contribution < 1.29 is 35.3 Å². The molecule has 0 aliphatic rings. The van der Waals surface area contributed by atoms with Crippen molar-refractivity contribution in [2.24, 2.45) is 0 Å². The van der Waals surface area contributed by atoms with E-state index in [4.69, 9.17) is 0 Å². The maximum absolute atomic E-state index is 14.8. The zero-order valence-electron chi connectivity index (χ0n) is 20.6. The molecular weight excluding hydrogens is 530 g/mol. The zero-order chi connectivity index (χ0) is 28.3. The van der Waals surface area contributed by atoms with Gasteiger partial charge in [0.25, 0.3) is 0 Å². The Balaban J connectivity index is 2.36. The summed E-state index contributed by atoms with van der Waals surface area (Å²) < 4.78 is 102. The van der Waals surface area contributed by atoms with E-state index in [1.54, 1.807) is 57.2 Å². The third kappa shape index (κ3) is 6.55. The number of ether oxygens (including phenoxy) is 1. The van der Waals surface area contributed by atoms with Crippen LogP contribution in [0, 0.1) is 23.0 Å². The van der Waals surface area contributed by atoms with Gasteiger partial charge in [-0.1, -0.05) is 36.4 Å². The molecule has 3 aromatic carbocycles. The molecule has 1 N–H and O–H groups in total. The van der Waals surface area contributed by atoms with Gasteiger partial charge in [0.2, 0.25) is 0 Å². The standard InChI is InChI=1S/C27H24F6N2O2S/c1-25(2,3)38(36)35-26(15-17-7-5-4-6-8-17,19-9-10-23(29)18(11-19)16-34)20-12-21(28)14-22(13-20)37-27(32,33)24(30)31/h4-14,24,35H,15H2,1-3H3/t26-,38+/m1/s1. The predicted octanol–water partition coefficient (Wildman–Crippen LogP) is 6.61. The Kier molecular flexibility index (Phi) is 8.58. The van der Waals surface area contributed by atoms with Crippen molar-refractivity contribution in [1.29, 1.82) is 5.26 Å². The van der Waals surface area contributed by atoms with Crippen molar-refractivity contribution in [1.82, 2.24) is 4.72 Å². The molecule has 202 valence electrons. The van der Waals surface area contributed by atoms with Crippen LogP contribution in [0.2, 0.25) is 0 Å². The van der Waals surface area contributed by atoms with Crippen molar-refractivity contribution in [3.63, 3.8) is 0 Å². The molecule has 4 nitrogen and oxygen atoms in total. The summed E-state index contributed by atoms with van der Waals surface area (Å²) in [7, 11) is -1.89. The fourth-order valence-electron chi connectivity index (χ4n) is 3.68. The topological polar surface area (TPSA) is 62.1 Å². The van der Waals surface area contributed by atoms with Gasteiger partial charge in [0.15, 0.2) is 0 Å². The van der Waals surface area contributed by atoms with Crippen LogP contribution in [0.15, 0.2) is 66.7 Å². The molecule has 0 fully saturated rings. The van der Waals surface area contributed by atoms with Crippen LogP contribution in [0.3, 0.4) is 0 Å². The van der Waals surface area contributed by atoms with E-state index in [2.05, 4.69) is 9.46 Å². The summed E-state index contributed by atoms with van der Waals surface area (Å²) in [5.74, 6) is -2.86. The number of benzene rings is 3. The average Bonchev–Trinajstić information content (AvgIpc) is 2.83. The number of halogens is 6. The minimum absolute atomic E-state index is 0.0830. The fraction of sp³-hybridized carbons (Fsp3) is 0.296. The number of nitrogens with one attached hydrogen (secondary N) is 1. The van der Waals surface area contributed by atoms with Crippen LogP contribution >= 0.6 is 0 Å². The molecule has 0 heterocycles. The van der Waals surface area contributed by atoms with E-state index in [9.17, 15) is 35.8 Å². The van der Waals surface area contributed by atoms with E-state index in [-0.39, 0.29) is 23.1 Å². The molecule has 0 radical (unpaired) electrons. The van der Waals surface area contributed by atoms with Crippen LogP contribution in [-0.4, -0.2) is 21.5 Å². The first-order valence-electron chi connectivity index (χ1n) is 11.3. The van der Waals surface area contributed by atoms with Crippen molar-refractivity contribution in [2.45, 2.75) is 50.0 Å². The Morgan fingerprint density at radius 1 is 0.974 bits per heavy atom. The molecule has 0 aromatic heterocycles. The number of hydrogen-bond donors (Lipinski definition) is 1. The molecule has 0 bridgehead atoms. The molecule has 0 saturated heterocycles. The highest BCUT2D eigenvalue weighted by atomic mass is 32.2. The first-order valence-corrected chi connectivity index (χ1v) is 12.4. The van der Waals surface area contributed by atoms with Crippen LogP contribution in [0.5, 0.6) is 5.75 Å². The van der Waals surface area contributed by atoms with E-state index in [0.717, 1.165) is 18.2 Å². The molecule has 3 aromatic rings. The fourth-order valence-corrected chi connectivity index (χ4v) is 4.61. The van der Waals surface area contributed by atoms with Crippen molar-refractivity contribution in [3.8, 4) is 11.8 Å². The highest BCUT2D eigenvalue weighted by Crippen LogP contribution is 2.39. The van der Waals surface area contributed by atoms with Gasteiger partial charge in [-0.05, 0) is 68.1 Å². The van der Waals surface area contributed by atoms with Crippen LogP contribution in [0.4, 0.5) is 26.3 Å². The van der Waals surface area contributed by atoms with E-state index >= 15 is 0 Å². The van der Waals surface area contributed by atoms with Gasteiger partial charge >= 0.3 is 12.5 Å². The summed E-state index contributed by atoms with van der Waals surface area (Å²) in [5.41, 5.74) is -1.47. The summed E-state index contributed by atoms with van der Waals surface area (Å²) in [6.07, 6.45) is -9.19. The van der Waals surface area contributed by atoms with E-state index < -0.39 is 51.2 Å². The van der Waals surface area contributed by atoms with Gasteiger partial charge in [-0.25, -0.2) is 17.7 Å². The smallest absolute Gasteiger partial charge is 0.428 e. The number of nitriles is 1. The molecule has 0 amide bonds. The Morgan fingerprint density at radius 2 is 1.63 bits per heavy atom. The van der Waals surface area contributed by atoms with Gasteiger partial charge in [-0.15, -0.1) is 0 Å². The second-order valence-corrected chi connectivity index (χ2v) is 11.5. The Hall–Kier alpha value is -3.36. The van der Waals surface area contributed by atoms with Gasteiger partial charge < -0.3 is 4.74 Å². The second kappa shape index (κ2) is 11.2. The van der Waals surface area contributed by atoms with Crippen LogP contribution in [0.1, 0.15) is 43.0 Å². The Bertz CT molecular complexity index is 1360. The predicted molar refractivity (Wildman–Crippen MR) is 131 cm³/mol. The summed E-state index contributed by atoms with van der Waals surface area (Å²) in [5, 5.41) is 9.44. The van der Waals surface area contributed by atoms with E-state index in [1.807, 2.05) is 0 Å². The largest absolute Gasteiger partial charge is 0.461 e. The summed E-state index contributed by atoms with van der Waals surface area (Å²) in [6, 6.07) is 16.1. The van der Waals surface area contributed by atoms with Gasteiger partial charge in [0, 0.05) is 6.07 Å². The molecular formula is C27H24F6N2O2S. The first-order chi connectivity index (χ1) is 17.7. The first kappa shape index (κ1) is 29.2. The molecule has 0 unspecified atom stereocenters. The SMILES string of the molecule is CC(C)(C)[S@](=O)N[C@@](Cc1ccccc1)(c1cc(F)cc(OC(F)(F)C(F)F)c1)c1ccc(F)c(C#N)c1. The highest BCUT2D eigenvalue weighted by Gasteiger charge is 2.45. The van der Waals surface area contributed by atoms with Crippen molar-refractivity contribution in [3.05, 3.63) is 101 Å². The third-order valence-electron chi connectivity index (χ3n) is 5.59. The molecule has 3 rings (SSSR count). The van der Waals surface area contributed by atoms with Gasteiger partial charge in [0.05, 0.1) is 26.8 Å². The lowest BCUT2D eigenvalue weighted by Crippen LogP contribution is -2.50. The second-order valence-electron chi connectivity index (χ2n) is 9.50. The number of alkyl halides is 4. The third-order valence-corrected chi connectivity index (χ3v) is 7.23. The van der Waals surface area contributed by atoms with Gasteiger partial charge in [0.1, 0.15) is 23.5 Å². The van der Waals surface area contributed by atoms with Crippen molar-refractivity contribution >= 4 is 11.0 Å². The van der Waals surface area contributed by atoms with Crippen LogP contribution < -0.4 is 9.46 Å². The zero-order valence-corrected chi connectivity index (χ0v) is 21.4. The average molecular weight is 555 g/mol. The maximum atomic E-state index is 14.8. The summed E-state index contributed by atoms with van der Waals surface area (Å²) in [4.78, 5) is 0. The van der Waals surface area contributed by atoms with E-state index in [0.29, 0.717) is 11.6 Å². The Morgan fingerprint density at radius 3 is 2.21 bits per heavy atom. The number of rotatable bonds is 9. The molecule has 0 spiro atoms. The monoisotopic (exact) mass is 554 g/mol. The quantitative estimate of drug-likeness (QED) is 0.303.